The van der Waals surface area contributed by atoms with E-state index in [0.29, 0.717) is 17.7 Å². The number of halogens is 2. The fraction of sp³-hybridized carbons (Fsp3) is 0.435. The van der Waals surface area contributed by atoms with Gasteiger partial charge in [-0.1, -0.05) is 6.07 Å². The number of nitriles is 1. The Morgan fingerprint density at radius 2 is 1.70 bits per heavy atom. The summed E-state index contributed by atoms with van der Waals surface area (Å²) in [7, 11) is 0. The van der Waals surface area contributed by atoms with Crippen LogP contribution in [-0.4, -0.2) is 61.3 Å². The molecule has 2 bridgehead atoms. The van der Waals surface area contributed by atoms with E-state index >= 15 is 0 Å². The Bertz CT molecular complexity index is 885. The van der Waals surface area contributed by atoms with Crippen molar-refractivity contribution in [2.75, 3.05) is 44.6 Å². The average Bonchev–Trinajstić information content (AvgIpc) is 2.73. The molecule has 2 unspecified atom stereocenters. The van der Waals surface area contributed by atoms with Gasteiger partial charge in [-0.15, -0.1) is 0 Å². The number of ether oxygens (including phenoxy) is 1. The van der Waals surface area contributed by atoms with E-state index in [1.165, 1.54) is 12.1 Å². The highest BCUT2D eigenvalue weighted by Crippen LogP contribution is 2.22. The van der Waals surface area contributed by atoms with Crippen molar-refractivity contribution in [3.8, 4) is 6.07 Å². The summed E-state index contributed by atoms with van der Waals surface area (Å²) >= 11 is 0. The number of hydrogen-bond donors (Lipinski definition) is 1. The van der Waals surface area contributed by atoms with Crippen molar-refractivity contribution in [1.82, 2.24) is 9.80 Å². The van der Waals surface area contributed by atoms with E-state index in [-0.39, 0.29) is 12.2 Å². The summed E-state index contributed by atoms with van der Waals surface area (Å²) in [4.78, 5) is 4.65. The summed E-state index contributed by atoms with van der Waals surface area (Å²) in [5, 5.41) is 12.2. The van der Waals surface area contributed by atoms with Crippen molar-refractivity contribution < 1.29 is 13.5 Å². The van der Waals surface area contributed by atoms with Crippen molar-refractivity contribution in [3.63, 3.8) is 0 Å². The fourth-order valence-corrected chi connectivity index (χ4v) is 4.26. The van der Waals surface area contributed by atoms with Crippen molar-refractivity contribution in [2.24, 2.45) is 0 Å². The van der Waals surface area contributed by atoms with Crippen LogP contribution in [0.5, 0.6) is 0 Å². The molecule has 0 spiro atoms. The number of hydrogen-bond acceptors (Lipinski definition) is 5. The quantitative estimate of drug-likeness (QED) is 0.708. The molecule has 5 nitrogen and oxygen atoms in total. The highest BCUT2D eigenvalue weighted by atomic mass is 19.1. The van der Waals surface area contributed by atoms with E-state index in [2.05, 4.69) is 21.2 Å². The maximum atomic E-state index is 14.0. The van der Waals surface area contributed by atoms with Gasteiger partial charge in [-0.3, -0.25) is 9.80 Å². The smallest absolute Gasteiger partial charge is 0.130 e. The minimum absolute atomic E-state index is 0.118. The van der Waals surface area contributed by atoms with E-state index < -0.39 is 11.6 Å². The third-order valence-electron chi connectivity index (χ3n) is 5.64. The second-order valence-electron chi connectivity index (χ2n) is 8.04. The van der Waals surface area contributed by atoms with Crippen LogP contribution < -0.4 is 5.32 Å². The lowest BCUT2D eigenvalue weighted by Gasteiger charge is -2.46. The minimum atomic E-state index is -0.542. The monoisotopic (exact) mass is 412 g/mol. The summed E-state index contributed by atoms with van der Waals surface area (Å²) in [5.41, 5.74) is 2.22. The van der Waals surface area contributed by atoms with Gasteiger partial charge >= 0.3 is 0 Å². The summed E-state index contributed by atoms with van der Waals surface area (Å²) in [6, 6.07) is 13.4. The second kappa shape index (κ2) is 9.52. The molecule has 2 aromatic rings. The van der Waals surface area contributed by atoms with Crippen LogP contribution in [-0.2, 0) is 11.3 Å². The number of anilines is 1. The summed E-state index contributed by atoms with van der Waals surface area (Å²) < 4.78 is 33.2. The molecule has 2 aliphatic rings. The maximum Gasteiger partial charge on any atom is 0.130 e. The van der Waals surface area contributed by atoms with Gasteiger partial charge < -0.3 is 10.1 Å². The number of rotatable bonds is 7. The van der Waals surface area contributed by atoms with Crippen LogP contribution in [0.3, 0.4) is 0 Å². The van der Waals surface area contributed by atoms with Crippen LogP contribution in [0.4, 0.5) is 14.5 Å². The molecule has 0 amide bonds. The molecule has 4 rings (SSSR count). The summed E-state index contributed by atoms with van der Waals surface area (Å²) in [6.07, 6.45) is 1.25. The molecule has 2 heterocycles. The first kappa shape index (κ1) is 20.7. The molecule has 0 radical (unpaired) electrons. The van der Waals surface area contributed by atoms with Gasteiger partial charge in [0, 0.05) is 63.1 Å². The van der Waals surface area contributed by atoms with E-state index in [9.17, 15) is 8.78 Å². The Kier molecular flexibility index (Phi) is 6.58. The van der Waals surface area contributed by atoms with Crippen molar-refractivity contribution in [2.45, 2.75) is 25.2 Å². The molecule has 158 valence electrons. The third kappa shape index (κ3) is 5.33. The second-order valence-corrected chi connectivity index (χ2v) is 8.04. The van der Waals surface area contributed by atoms with E-state index in [1.807, 2.05) is 24.3 Å². The number of nitrogens with one attached hydrogen (secondary N) is 1. The normalized spacial score (nSPS) is 21.9. The van der Waals surface area contributed by atoms with Gasteiger partial charge in [-0.2, -0.15) is 5.26 Å². The lowest BCUT2D eigenvalue weighted by atomic mass is 10.1. The van der Waals surface area contributed by atoms with Gasteiger partial charge in [0.15, 0.2) is 0 Å². The predicted octanol–water partition coefficient (Wildman–Crippen LogP) is 3.22. The molecule has 1 N–H and O–H groups in total. The Balaban J connectivity index is 1.21. The first-order chi connectivity index (χ1) is 14.6. The highest BCUT2D eigenvalue weighted by molar-refractivity contribution is 5.47. The summed E-state index contributed by atoms with van der Waals surface area (Å²) in [6.45, 7) is 5.60. The zero-order chi connectivity index (χ0) is 20.9. The topological polar surface area (TPSA) is 51.5 Å². The lowest BCUT2D eigenvalue weighted by molar-refractivity contribution is -0.140. The van der Waals surface area contributed by atoms with Crippen LogP contribution in [0.15, 0.2) is 42.5 Å². The maximum absolute atomic E-state index is 14.0. The van der Waals surface area contributed by atoms with Crippen molar-refractivity contribution >= 4 is 5.69 Å². The molecular formula is C23H26F2N4O. The van der Waals surface area contributed by atoms with Crippen LogP contribution in [0.2, 0.25) is 0 Å². The van der Waals surface area contributed by atoms with Gasteiger partial charge in [-0.05, 0) is 36.8 Å². The van der Waals surface area contributed by atoms with Gasteiger partial charge in [0.05, 0.1) is 23.8 Å². The van der Waals surface area contributed by atoms with Gasteiger partial charge in [0.1, 0.15) is 11.6 Å². The molecule has 0 aliphatic carbocycles. The fourth-order valence-electron chi connectivity index (χ4n) is 4.26. The van der Waals surface area contributed by atoms with Gasteiger partial charge in [0.2, 0.25) is 0 Å². The van der Waals surface area contributed by atoms with Gasteiger partial charge in [0.25, 0.3) is 0 Å². The Morgan fingerprint density at radius 3 is 2.37 bits per heavy atom. The standard InChI is InChI=1S/C23H26F2N4O/c24-19-5-4-18(23(25)10-19)12-29-15-21-13-28(14-22(16-29)30-21)9-1-8-27-20-6-2-17(11-26)3-7-20/h2-7,10,21-22,27H,1,8-9,12-16H2. The van der Waals surface area contributed by atoms with Crippen LogP contribution in [0, 0.1) is 23.0 Å². The van der Waals surface area contributed by atoms with Gasteiger partial charge in [-0.25, -0.2) is 8.78 Å². The number of nitrogens with zero attached hydrogens (tertiary/aromatic N) is 3. The van der Waals surface area contributed by atoms with Crippen LogP contribution >= 0.6 is 0 Å². The molecule has 7 heteroatoms. The Labute approximate surface area is 175 Å². The zero-order valence-corrected chi connectivity index (χ0v) is 16.9. The zero-order valence-electron chi connectivity index (χ0n) is 16.9. The Hall–Kier alpha value is -2.53. The predicted molar refractivity (Wildman–Crippen MR) is 111 cm³/mol. The number of fused-ring (bicyclic) bond motifs is 2. The number of morpholine rings is 2. The molecule has 2 fully saturated rings. The van der Waals surface area contributed by atoms with E-state index in [4.69, 9.17) is 10.00 Å². The molecule has 0 saturated carbocycles. The Morgan fingerprint density at radius 1 is 1.00 bits per heavy atom. The molecule has 2 aromatic carbocycles. The SMILES string of the molecule is N#Cc1ccc(NCCCN2CC3CN(Cc4ccc(F)cc4F)CC(C2)O3)cc1. The molecular weight excluding hydrogens is 386 g/mol. The largest absolute Gasteiger partial charge is 0.385 e. The first-order valence-electron chi connectivity index (χ1n) is 10.4. The van der Waals surface area contributed by atoms with Crippen LogP contribution in [0.1, 0.15) is 17.5 Å². The molecule has 30 heavy (non-hydrogen) atoms. The molecule has 2 aliphatic heterocycles. The molecule has 0 aromatic heterocycles. The van der Waals surface area contributed by atoms with Crippen molar-refractivity contribution in [1.29, 1.82) is 5.26 Å². The minimum Gasteiger partial charge on any atom is -0.385 e. The van der Waals surface area contributed by atoms with Crippen LogP contribution in [0.25, 0.3) is 0 Å². The van der Waals surface area contributed by atoms with E-state index in [0.717, 1.165) is 57.4 Å². The van der Waals surface area contributed by atoms with E-state index in [1.54, 1.807) is 0 Å². The molecule has 2 saturated heterocycles. The third-order valence-corrected chi connectivity index (χ3v) is 5.64. The first-order valence-corrected chi connectivity index (χ1v) is 10.4. The summed E-state index contributed by atoms with van der Waals surface area (Å²) in [5.74, 6) is -1.03. The molecule has 2 atom stereocenters. The number of benzene rings is 2. The average molecular weight is 412 g/mol. The highest BCUT2D eigenvalue weighted by Gasteiger charge is 2.34. The van der Waals surface area contributed by atoms with Crippen molar-refractivity contribution in [3.05, 3.63) is 65.2 Å². The lowest BCUT2D eigenvalue weighted by Crippen LogP contribution is -2.59.